The Labute approximate surface area is 111 Å². The number of amides is 1. The average Bonchev–Trinajstić information content (AvgIpc) is 2.34. The lowest BCUT2D eigenvalue weighted by atomic mass is 10.1. The van der Waals surface area contributed by atoms with Crippen LogP contribution in [0.5, 0.6) is 0 Å². The topological polar surface area (TPSA) is 80.9 Å². The molecule has 3 N–H and O–H groups in total. The number of anilines is 2. The highest BCUT2D eigenvalue weighted by Gasteiger charge is 2.20. The SMILES string of the molecule is Nc1ccc(F)c(C(=O)Nc2ccnc(Cl)n2)c1F. The van der Waals surface area contributed by atoms with E-state index in [1.165, 1.54) is 12.3 Å². The Balaban J connectivity index is 2.33. The van der Waals surface area contributed by atoms with E-state index in [4.69, 9.17) is 17.3 Å². The number of aromatic nitrogens is 2. The molecule has 8 heteroatoms. The number of nitrogens with zero attached hydrogens (tertiary/aromatic N) is 2. The van der Waals surface area contributed by atoms with Crippen molar-refractivity contribution in [3.8, 4) is 0 Å². The minimum absolute atomic E-state index is 0.0197. The molecule has 2 aromatic rings. The van der Waals surface area contributed by atoms with E-state index in [9.17, 15) is 13.6 Å². The van der Waals surface area contributed by atoms with Gasteiger partial charge in [-0.05, 0) is 29.8 Å². The quantitative estimate of drug-likeness (QED) is 0.654. The molecular weight excluding hydrogens is 278 g/mol. The number of nitrogen functional groups attached to an aromatic ring is 1. The van der Waals surface area contributed by atoms with Gasteiger partial charge in [0.15, 0.2) is 5.82 Å². The first-order valence-corrected chi connectivity index (χ1v) is 5.40. The Bertz CT molecular complexity index is 651. The molecule has 0 atom stereocenters. The fourth-order valence-electron chi connectivity index (χ4n) is 1.36. The van der Waals surface area contributed by atoms with Crippen LogP contribution in [0.3, 0.4) is 0 Å². The molecule has 0 spiro atoms. The van der Waals surface area contributed by atoms with Crippen LogP contribution in [0.1, 0.15) is 10.4 Å². The predicted molar refractivity (Wildman–Crippen MR) is 65.8 cm³/mol. The third kappa shape index (κ3) is 2.76. The summed E-state index contributed by atoms with van der Waals surface area (Å²) in [6.07, 6.45) is 1.29. The Hall–Kier alpha value is -2.28. The standard InChI is InChI=1S/C11H7ClF2N4O/c12-11-16-4-3-7(18-11)17-10(19)8-5(13)1-2-6(15)9(8)14/h1-4H,15H2,(H,16,17,18,19). The highest BCUT2D eigenvalue weighted by molar-refractivity contribution is 6.28. The van der Waals surface area contributed by atoms with Crippen LogP contribution < -0.4 is 11.1 Å². The highest BCUT2D eigenvalue weighted by atomic mass is 35.5. The highest BCUT2D eigenvalue weighted by Crippen LogP contribution is 2.19. The molecule has 1 aromatic heterocycles. The summed E-state index contributed by atoms with van der Waals surface area (Å²) in [4.78, 5) is 19.0. The van der Waals surface area contributed by atoms with E-state index in [2.05, 4.69) is 15.3 Å². The molecule has 1 amide bonds. The maximum atomic E-state index is 13.6. The van der Waals surface area contributed by atoms with Gasteiger partial charge in [0.1, 0.15) is 17.2 Å². The van der Waals surface area contributed by atoms with E-state index in [0.717, 1.165) is 12.1 Å². The van der Waals surface area contributed by atoms with Crippen LogP contribution in [0, 0.1) is 11.6 Å². The molecule has 1 aromatic carbocycles. The summed E-state index contributed by atoms with van der Waals surface area (Å²) < 4.78 is 27.1. The molecule has 2 rings (SSSR count). The Morgan fingerprint density at radius 3 is 2.74 bits per heavy atom. The fraction of sp³-hybridized carbons (Fsp3) is 0. The summed E-state index contributed by atoms with van der Waals surface area (Å²) in [5, 5.41) is 2.09. The fourth-order valence-corrected chi connectivity index (χ4v) is 1.51. The predicted octanol–water partition coefficient (Wildman–Crippen LogP) is 2.24. The van der Waals surface area contributed by atoms with Gasteiger partial charge in [0.05, 0.1) is 5.69 Å². The number of hydrogen-bond acceptors (Lipinski definition) is 4. The van der Waals surface area contributed by atoms with E-state index in [1.807, 2.05) is 0 Å². The number of halogens is 3. The van der Waals surface area contributed by atoms with Crippen molar-refractivity contribution < 1.29 is 13.6 Å². The third-order valence-corrected chi connectivity index (χ3v) is 2.40. The van der Waals surface area contributed by atoms with Crippen LogP contribution in [0.15, 0.2) is 24.4 Å². The number of carbonyl (C=O) groups excluding carboxylic acids is 1. The zero-order chi connectivity index (χ0) is 14.0. The largest absolute Gasteiger partial charge is 0.396 e. The number of nitrogens with two attached hydrogens (primary N) is 1. The normalized spacial score (nSPS) is 10.3. The summed E-state index contributed by atoms with van der Waals surface area (Å²) in [5.41, 5.74) is 4.17. The van der Waals surface area contributed by atoms with Crippen LogP contribution in [0.4, 0.5) is 20.3 Å². The number of rotatable bonds is 2. The average molecular weight is 285 g/mol. The molecule has 0 aliphatic carbocycles. The zero-order valence-electron chi connectivity index (χ0n) is 9.32. The van der Waals surface area contributed by atoms with Gasteiger partial charge in [0.2, 0.25) is 5.28 Å². The second-order valence-electron chi connectivity index (χ2n) is 3.49. The minimum Gasteiger partial charge on any atom is -0.396 e. The van der Waals surface area contributed by atoms with Gasteiger partial charge in [-0.25, -0.2) is 18.7 Å². The van der Waals surface area contributed by atoms with Crippen molar-refractivity contribution in [3.63, 3.8) is 0 Å². The van der Waals surface area contributed by atoms with Crippen LogP contribution in [-0.4, -0.2) is 15.9 Å². The van der Waals surface area contributed by atoms with Crippen molar-refractivity contribution in [1.29, 1.82) is 0 Å². The molecule has 0 saturated heterocycles. The summed E-state index contributed by atoms with van der Waals surface area (Å²) in [5.74, 6) is -3.15. The first-order chi connectivity index (χ1) is 8.99. The molecule has 0 bridgehead atoms. The van der Waals surface area contributed by atoms with Gasteiger partial charge in [-0.2, -0.15) is 0 Å². The second kappa shape index (κ2) is 5.15. The molecule has 0 aliphatic heterocycles. The third-order valence-electron chi connectivity index (χ3n) is 2.22. The smallest absolute Gasteiger partial charge is 0.262 e. The summed E-state index contributed by atoms with van der Waals surface area (Å²) >= 11 is 5.52. The maximum Gasteiger partial charge on any atom is 0.262 e. The molecule has 98 valence electrons. The molecule has 0 radical (unpaired) electrons. The first-order valence-electron chi connectivity index (χ1n) is 5.02. The lowest BCUT2D eigenvalue weighted by Crippen LogP contribution is -2.17. The van der Waals surface area contributed by atoms with Crippen molar-refractivity contribution in [2.75, 3.05) is 11.1 Å². The van der Waals surface area contributed by atoms with E-state index in [0.29, 0.717) is 0 Å². The first kappa shape index (κ1) is 13.2. The van der Waals surface area contributed by atoms with Crippen LogP contribution >= 0.6 is 11.6 Å². The van der Waals surface area contributed by atoms with Gasteiger partial charge in [-0.1, -0.05) is 0 Å². The van der Waals surface area contributed by atoms with Gasteiger partial charge >= 0.3 is 0 Å². The lowest BCUT2D eigenvalue weighted by molar-refractivity contribution is 0.101. The molecule has 0 fully saturated rings. The molecule has 1 heterocycles. The summed E-state index contributed by atoms with van der Waals surface area (Å²) in [6.45, 7) is 0. The van der Waals surface area contributed by atoms with Gasteiger partial charge < -0.3 is 11.1 Å². The van der Waals surface area contributed by atoms with E-state index in [1.54, 1.807) is 0 Å². The van der Waals surface area contributed by atoms with Crippen molar-refractivity contribution in [1.82, 2.24) is 9.97 Å². The van der Waals surface area contributed by atoms with Crippen molar-refractivity contribution in [2.24, 2.45) is 0 Å². The molecule has 0 unspecified atom stereocenters. The number of hydrogen-bond donors (Lipinski definition) is 2. The van der Waals surface area contributed by atoms with Crippen LogP contribution in [0.2, 0.25) is 5.28 Å². The van der Waals surface area contributed by atoms with Gasteiger partial charge in [-0.15, -0.1) is 0 Å². The monoisotopic (exact) mass is 284 g/mol. The number of nitrogens with one attached hydrogen (secondary N) is 1. The van der Waals surface area contributed by atoms with Crippen LogP contribution in [-0.2, 0) is 0 Å². The van der Waals surface area contributed by atoms with E-state index >= 15 is 0 Å². The summed E-state index contributed by atoms with van der Waals surface area (Å²) in [6, 6.07) is 3.26. The zero-order valence-corrected chi connectivity index (χ0v) is 10.1. The number of carbonyl (C=O) groups is 1. The van der Waals surface area contributed by atoms with Crippen molar-refractivity contribution in [2.45, 2.75) is 0 Å². The Morgan fingerprint density at radius 2 is 2.05 bits per heavy atom. The molecule has 0 saturated carbocycles. The Kier molecular flexibility index (Phi) is 3.57. The Morgan fingerprint density at radius 1 is 1.32 bits per heavy atom. The van der Waals surface area contributed by atoms with Crippen LogP contribution in [0.25, 0.3) is 0 Å². The second-order valence-corrected chi connectivity index (χ2v) is 3.83. The van der Waals surface area contributed by atoms with Gasteiger partial charge in [-0.3, -0.25) is 4.79 Å². The molecular formula is C11H7ClF2N4O. The minimum atomic E-state index is -1.13. The number of benzene rings is 1. The van der Waals surface area contributed by atoms with Crippen molar-refractivity contribution in [3.05, 3.63) is 46.9 Å². The molecule has 0 aliphatic rings. The maximum absolute atomic E-state index is 13.6. The van der Waals surface area contributed by atoms with Gasteiger partial charge in [0, 0.05) is 6.20 Å². The van der Waals surface area contributed by atoms with E-state index < -0.39 is 23.1 Å². The summed E-state index contributed by atoms with van der Waals surface area (Å²) in [7, 11) is 0. The molecule has 5 nitrogen and oxygen atoms in total. The van der Waals surface area contributed by atoms with Gasteiger partial charge in [0.25, 0.3) is 5.91 Å². The molecule has 19 heavy (non-hydrogen) atoms. The lowest BCUT2D eigenvalue weighted by Gasteiger charge is -2.07. The van der Waals surface area contributed by atoms with E-state index in [-0.39, 0.29) is 16.8 Å². The van der Waals surface area contributed by atoms with Crippen molar-refractivity contribution >= 4 is 29.0 Å².